The highest BCUT2D eigenvalue weighted by molar-refractivity contribution is 9.10. The molecule has 0 fully saturated rings. The molecule has 1 unspecified atom stereocenters. The van der Waals surface area contributed by atoms with Gasteiger partial charge in [-0.2, -0.15) is 0 Å². The number of rotatable bonds is 4. The predicted molar refractivity (Wildman–Crippen MR) is 85.9 cm³/mol. The van der Waals surface area contributed by atoms with E-state index in [4.69, 9.17) is 5.73 Å². The van der Waals surface area contributed by atoms with E-state index in [1.165, 1.54) is 5.56 Å². The van der Waals surface area contributed by atoms with E-state index in [9.17, 15) is 4.79 Å². The van der Waals surface area contributed by atoms with Crippen LogP contribution in [0.25, 0.3) is 0 Å². The van der Waals surface area contributed by atoms with Gasteiger partial charge in [0.15, 0.2) is 0 Å². The van der Waals surface area contributed by atoms with E-state index in [-0.39, 0.29) is 6.04 Å². The van der Waals surface area contributed by atoms with Crippen molar-refractivity contribution in [2.24, 2.45) is 5.73 Å². The Morgan fingerprint density at radius 3 is 2.40 bits per heavy atom. The van der Waals surface area contributed by atoms with Gasteiger partial charge in [-0.1, -0.05) is 28.1 Å². The highest BCUT2D eigenvalue weighted by Gasteiger charge is 2.08. The molecule has 104 valence electrons. The smallest absolute Gasteiger partial charge is 0.248 e. The fourth-order valence-electron chi connectivity index (χ4n) is 2.05. The molecule has 0 aliphatic carbocycles. The first kappa shape index (κ1) is 14.6. The number of halogens is 1. The molecule has 0 aliphatic heterocycles. The van der Waals surface area contributed by atoms with Gasteiger partial charge >= 0.3 is 0 Å². The summed E-state index contributed by atoms with van der Waals surface area (Å²) in [6.45, 7) is 4.06. The maximum absolute atomic E-state index is 11.1. The first-order valence-corrected chi connectivity index (χ1v) is 7.19. The quantitative estimate of drug-likeness (QED) is 0.888. The monoisotopic (exact) mass is 332 g/mol. The lowest BCUT2D eigenvalue weighted by Gasteiger charge is -2.18. The third kappa shape index (κ3) is 3.39. The normalized spacial score (nSPS) is 11.9. The predicted octanol–water partition coefficient (Wildman–Crippen LogP) is 4.03. The molecule has 4 heteroatoms. The molecule has 0 aromatic heterocycles. The van der Waals surface area contributed by atoms with Gasteiger partial charge in [-0.3, -0.25) is 4.79 Å². The Hall–Kier alpha value is -1.81. The number of carbonyl (C=O) groups excluding carboxylic acids is 1. The lowest BCUT2D eigenvalue weighted by molar-refractivity contribution is 0.1000. The standard InChI is InChI=1S/C16H17BrN2O/c1-10-9-13(16(18)20)5-8-15(10)19-11(2)12-3-6-14(17)7-4-12/h3-9,11,19H,1-2H3,(H2,18,20). The summed E-state index contributed by atoms with van der Waals surface area (Å²) in [5.74, 6) is -0.402. The van der Waals surface area contributed by atoms with Crippen LogP contribution in [0.4, 0.5) is 5.69 Å². The number of hydrogen-bond acceptors (Lipinski definition) is 2. The molecule has 0 aliphatic rings. The molecule has 2 aromatic carbocycles. The van der Waals surface area contributed by atoms with Crippen LogP contribution < -0.4 is 11.1 Å². The highest BCUT2D eigenvalue weighted by Crippen LogP contribution is 2.24. The molecule has 2 rings (SSSR count). The van der Waals surface area contributed by atoms with Crippen LogP contribution in [0.5, 0.6) is 0 Å². The number of nitrogens with two attached hydrogens (primary N) is 1. The van der Waals surface area contributed by atoms with E-state index in [0.29, 0.717) is 5.56 Å². The Morgan fingerprint density at radius 2 is 1.85 bits per heavy atom. The van der Waals surface area contributed by atoms with Crippen LogP contribution in [-0.4, -0.2) is 5.91 Å². The van der Waals surface area contributed by atoms with Crippen molar-refractivity contribution in [2.75, 3.05) is 5.32 Å². The molecule has 3 nitrogen and oxygen atoms in total. The first-order valence-electron chi connectivity index (χ1n) is 6.40. The Kier molecular flexibility index (Phi) is 4.45. The number of hydrogen-bond donors (Lipinski definition) is 2. The molecule has 1 atom stereocenters. The van der Waals surface area contributed by atoms with Crippen molar-refractivity contribution >= 4 is 27.5 Å². The molecular weight excluding hydrogens is 316 g/mol. The summed E-state index contributed by atoms with van der Waals surface area (Å²) < 4.78 is 1.07. The molecule has 0 radical (unpaired) electrons. The van der Waals surface area contributed by atoms with E-state index in [0.717, 1.165) is 15.7 Å². The van der Waals surface area contributed by atoms with Gasteiger partial charge in [0.2, 0.25) is 5.91 Å². The van der Waals surface area contributed by atoms with Gasteiger partial charge in [0.25, 0.3) is 0 Å². The van der Waals surface area contributed by atoms with Crippen LogP contribution in [0, 0.1) is 6.92 Å². The molecule has 0 saturated carbocycles. The third-order valence-corrected chi connectivity index (χ3v) is 3.78. The summed E-state index contributed by atoms with van der Waals surface area (Å²) >= 11 is 3.43. The van der Waals surface area contributed by atoms with Gasteiger partial charge in [0, 0.05) is 21.8 Å². The van der Waals surface area contributed by atoms with Crippen molar-refractivity contribution in [3.05, 3.63) is 63.6 Å². The number of primary amides is 1. The fourth-order valence-corrected chi connectivity index (χ4v) is 2.31. The summed E-state index contributed by atoms with van der Waals surface area (Å²) in [6.07, 6.45) is 0. The van der Waals surface area contributed by atoms with Crippen LogP contribution in [0.3, 0.4) is 0 Å². The maximum Gasteiger partial charge on any atom is 0.248 e. The summed E-state index contributed by atoms with van der Waals surface area (Å²) in [5.41, 5.74) is 9.02. The molecule has 0 bridgehead atoms. The van der Waals surface area contributed by atoms with E-state index < -0.39 is 5.91 Å². The van der Waals surface area contributed by atoms with Crippen LogP contribution in [0.1, 0.15) is 34.5 Å². The number of nitrogens with one attached hydrogen (secondary N) is 1. The fraction of sp³-hybridized carbons (Fsp3) is 0.188. The van der Waals surface area contributed by atoms with Crippen molar-refractivity contribution in [3.8, 4) is 0 Å². The summed E-state index contributed by atoms with van der Waals surface area (Å²) in [6, 6.07) is 13.8. The highest BCUT2D eigenvalue weighted by atomic mass is 79.9. The second kappa shape index (κ2) is 6.09. The molecule has 2 aromatic rings. The van der Waals surface area contributed by atoms with Crippen LogP contribution in [0.15, 0.2) is 46.9 Å². The zero-order valence-corrected chi connectivity index (χ0v) is 13.1. The van der Waals surface area contributed by atoms with Gasteiger partial charge < -0.3 is 11.1 Å². The summed E-state index contributed by atoms with van der Waals surface area (Å²) in [4.78, 5) is 11.1. The second-order valence-corrected chi connectivity index (χ2v) is 5.73. The van der Waals surface area contributed by atoms with E-state index >= 15 is 0 Å². The van der Waals surface area contributed by atoms with Crippen LogP contribution in [0.2, 0.25) is 0 Å². The van der Waals surface area contributed by atoms with Crippen molar-refractivity contribution in [2.45, 2.75) is 19.9 Å². The molecule has 3 N–H and O–H groups in total. The Labute approximate surface area is 127 Å². The zero-order chi connectivity index (χ0) is 14.7. The van der Waals surface area contributed by atoms with E-state index in [1.54, 1.807) is 12.1 Å². The number of carbonyl (C=O) groups is 1. The molecule has 20 heavy (non-hydrogen) atoms. The number of aryl methyl sites for hydroxylation is 1. The maximum atomic E-state index is 11.1. The third-order valence-electron chi connectivity index (χ3n) is 3.25. The van der Waals surface area contributed by atoms with E-state index in [2.05, 4.69) is 40.3 Å². The SMILES string of the molecule is Cc1cc(C(N)=O)ccc1NC(C)c1ccc(Br)cc1. The molecular formula is C16H17BrN2O. The minimum atomic E-state index is -0.402. The Morgan fingerprint density at radius 1 is 1.20 bits per heavy atom. The Bertz CT molecular complexity index is 623. The van der Waals surface area contributed by atoms with Crippen LogP contribution >= 0.6 is 15.9 Å². The molecule has 0 spiro atoms. The number of benzene rings is 2. The zero-order valence-electron chi connectivity index (χ0n) is 11.5. The van der Waals surface area contributed by atoms with Crippen molar-refractivity contribution in [1.29, 1.82) is 0 Å². The molecule has 0 saturated heterocycles. The second-order valence-electron chi connectivity index (χ2n) is 4.81. The minimum absolute atomic E-state index is 0.182. The van der Waals surface area contributed by atoms with Gasteiger partial charge in [-0.25, -0.2) is 0 Å². The number of anilines is 1. The Balaban J connectivity index is 2.17. The number of amides is 1. The van der Waals surface area contributed by atoms with E-state index in [1.807, 2.05) is 25.1 Å². The summed E-state index contributed by atoms with van der Waals surface area (Å²) in [5, 5.41) is 3.44. The largest absolute Gasteiger partial charge is 0.378 e. The lowest BCUT2D eigenvalue weighted by atomic mass is 10.1. The van der Waals surface area contributed by atoms with Gasteiger partial charge in [0.1, 0.15) is 0 Å². The van der Waals surface area contributed by atoms with Gasteiger partial charge in [0.05, 0.1) is 0 Å². The van der Waals surface area contributed by atoms with Crippen molar-refractivity contribution in [3.63, 3.8) is 0 Å². The minimum Gasteiger partial charge on any atom is -0.378 e. The van der Waals surface area contributed by atoms with Crippen molar-refractivity contribution in [1.82, 2.24) is 0 Å². The topological polar surface area (TPSA) is 55.1 Å². The van der Waals surface area contributed by atoms with Gasteiger partial charge in [-0.15, -0.1) is 0 Å². The average molecular weight is 333 g/mol. The summed E-state index contributed by atoms with van der Waals surface area (Å²) in [7, 11) is 0. The molecule has 0 heterocycles. The average Bonchev–Trinajstić information content (AvgIpc) is 2.41. The van der Waals surface area contributed by atoms with Crippen molar-refractivity contribution < 1.29 is 4.79 Å². The molecule has 1 amide bonds. The van der Waals surface area contributed by atoms with Crippen LogP contribution in [-0.2, 0) is 0 Å². The lowest BCUT2D eigenvalue weighted by Crippen LogP contribution is -2.12. The first-order chi connectivity index (χ1) is 9.47. The van der Waals surface area contributed by atoms with Gasteiger partial charge in [-0.05, 0) is 55.3 Å².